The average Bonchev–Trinajstić information content (AvgIpc) is 3.20. The smallest absolute Gasteiger partial charge is 0.295 e. The topological polar surface area (TPSA) is 78.1 Å². The zero-order chi connectivity index (χ0) is 22.3. The second-order valence-electron chi connectivity index (χ2n) is 7.82. The van der Waals surface area contributed by atoms with Gasteiger partial charge in [0.05, 0.1) is 17.3 Å². The van der Waals surface area contributed by atoms with Crippen molar-refractivity contribution in [2.75, 3.05) is 27.2 Å². The number of likely N-dealkylation sites (tertiary alicyclic amines) is 1. The summed E-state index contributed by atoms with van der Waals surface area (Å²) in [5.74, 6) is -1.57. The molecule has 8 heteroatoms. The van der Waals surface area contributed by atoms with E-state index in [0.29, 0.717) is 40.7 Å². The molecular formula is C23H23ClN4O3. The highest BCUT2D eigenvalue weighted by atomic mass is 35.5. The summed E-state index contributed by atoms with van der Waals surface area (Å²) >= 11 is 6.05. The monoisotopic (exact) mass is 438 g/mol. The van der Waals surface area contributed by atoms with Gasteiger partial charge in [-0.3, -0.25) is 14.0 Å². The molecule has 31 heavy (non-hydrogen) atoms. The number of nitrogens with zero attached hydrogens (tertiary/aromatic N) is 4. The van der Waals surface area contributed by atoms with Crippen LogP contribution in [0.4, 0.5) is 0 Å². The van der Waals surface area contributed by atoms with Gasteiger partial charge in [0.15, 0.2) is 5.76 Å². The summed E-state index contributed by atoms with van der Waals surface area (Å²) in [6, 6.07) is 11.7. The van der Waals surface area contributed by atoms with E-state index in [1.165, 1.54) is 4.90 Å². The highest BCUT2D eigenvalue weighted by molar-refractivity contribution is 6.46. The summed E-state index contributed by atoms with van der Waals surface area (Å²) in [4.78, 5) is 34.0. The number of aliphatic hydroxyl groups is 1. The highest BCUT2D eigenvalue weighted by Gasteiger charge is 2.46. The SMILES string of the molecule is Cc1nc2ccccn2c1C(O)=C1C(=O)C(=O)N(CCN(C)C)[C@@H]1c1ccc(Cl)cc1. The van der Waals surface area contributed by atoms with Gasteiger partial charge in [-0.15, -0.1) is 0 Å². The molecule has 3 aromatic rings. The van der Waals surface area contributed by atoms with Gasteiger partial charge in [-0.2, -0.15) is 0 Å². The van der Waals surface area contributed by atoms with E-state index in [4.69, 9.17) is 11.6 Å². The molecule has 7 nitrogen and oxygen atoms in total. The number of halogens is 1. The minimum absolute atomic E-state index is 0.0554. The predicted molar refractivity (Wildman–Crippen MR) is 119 cm³/mol. The fourth-order valence-corrected chi connectivity index (χ4v) is 4.06. The zero-order valence-electron chi connectivity index (χ0n) is 17.5. The van der Waals surface area contributed by atoms with Crippen LogP contribution in [0.2, 0.25) is 5.02 Å². The molecule has 0 saturated carbocycles. The quantitative estimate of drug-likeness (QED) is 0.376. The van der Waals surface area contributed by atoms with Crippen LogP contribution in [-0.2, 0) is 9.59 Å². The Kier molecular flexibility index (Phi) is 5.56. The minimum Gasteiger partial charge on any atom is -0.505 e. The van der Waals surface area contributed by atoms with Gasteiger partial charge in [0.25, 0.3) is 11.7 Å². The zero-order valence-corrected chi connectivity index (χ0v) is 18.3. The lowest BCUT2D eigenvalue weighted by molar-refractivity contribution is -0.140. The molecular weight excluding hydrogens is 416 g/mol. The van der Waals surface area contributed by atoms with Crippen molar-refractivity contribution in [2.24, 2.45) is 0 Å². The second-order valence-corrected chi connectivity index (χ2v) is 8.26. The van der Waals surface area contributed by atoms with Crippen LogP contribution in [0.3, 0.4) is 0 Å². The lowest BCUT2D eigenvalue weighted by atomic mass is 9.96. The van der Waals surface area contributed by atoms with Gasteiger partial charge in [-0.25, -0.2) is 4.98 Å². The number of rotatable bonds is 5. The number of hydrogen-bond donors (Lipinski definition) is 1. The fourth-order valence-electron chi connectivity index (χ4n) is 3.94. The molecule has 2 aromatic heterocycles. The molecule has 1 atom stereocenters. The first kappa shape index (κ1) is 21.1. The van der Waals surface area contributed by atoms with Gasteiger partial charge in [-0.1, -0.05) is 29.8 Å². The Labute approximate surface area is 185 Å². The van der Waals surface area contributed by atoms with E-state index >= 15 is 0 Å². The van der Waals surface area contributed by atoms with E-state index in [9.17, 15) is 14.7 Å². The van der Waals surface area contributed by atoms with Gasteiger partial charge in [-0.05, 0) is 50.8 Å². The summed E-state index contributed by atoms with van der Waals surface area (Å²) in [5.41, 5.74) is 2.37. The summed E-state index contributed by atoms with van der Waals surface area (Å²) in [6.45, 7) is 2.68. The number of amides is 1. The molecule has 1 amide bonds. The highest BCUT2D eigenvalue weighted by Crippen LogP contribution is 2.40. The van der Waals surface area contributed by atoms with Crippen LogP contribution in [-0.4, -0.2) is 63.2 Å². The average molecular weight is 439 g/mol. The van der Waals surface area contributed by atoms with Crippen LogP contribution >= 0.6 is 11.6 Å². The number of aliphatic hydroxyl groups excluding tert-OH is 1. The van der Waals surface area contributed by atoms with Crippen molar-refractivity contribution >= 4 is 34.7 Å². The third kappa shape index (κ3) is 3.71. The van der Waals surface area contributed by atoms with Gasteiger partial charge in [0.2, 0.25) is 0 Å². The maximum atomic E-state index is 13.1. The van der Waals surface area contributed by atoms with Crippen molar-refractivity contribution in [2.45, 2.75) is 13.0 Å². The Balaban J connectivity index is 1.92. The maximum absolute atomic E-state index is 13.1. The number of hydrogen-bond acceptors (Lipinski definition) is 5. The number of imidazole rings is 1. The summed E-state index contributed by atoms with van der Waals surface area (Å²) in [7, 11) is 3.80. The number of ketones is 1. The van der Waals surface area contributed by atoms with Crippen LogP contribution in [0, 0.1) is 6.92 Å². The molecule has 160 valence electrons. The number of likely N-dealkylation sites (N-methyl/N-ethyl adjacent to an activating group) is 1. The van der Waals surface area contributed by atoms with Gasteiger partial charge in [0, 0.05) is 24.3 Å². The molecule has 0 spiro atoms. The van der Waals surface area contributed by atoms with Crippen molar-refractivity contribution in [3.8, 4) is 0 Å². The number of benzene rings is 1. The molecule has 3 heterocycles. The molecule has 4 rings (SSSR count). The summed E-state index contributed by atoms with van der Waals surface area (Å²) in [6.07, 6.45) is 1.77. The third-order valence-electron chi connectivity index (χ3n) is 5.44. The number of Topliss-reactive ketones (excluding diaryl/α,β-unsaturated/α-hetero) is 1. The van der Waals surface area contributed by atoms with Gasteiger partial charge < -0.3 is 14.9 Å². The summed E-state index contributed by atoms with van der Waals surface area (Å²) < 4.78 is 1.72. The van der Waals surface area contributed by atoms with Crippen molar-refractivity contribution < 1.29 is 14.7 Å². The number of aromatic nitrogens is 2. The van der Waals surface area contributed by atoms with Crippen molar-refractivity contribution in [3.05, 3.63) is 76.2 Å². The van der Waals surface area contributed by atoms with E-state index < -0.39 is 17.7 Å². The second kappa shape index (κ2) is 8.17. The van der Waals surface area contributed by atoms with Crippen LogP contribution in [0.25, 0.3) is 11.4 Å². The van der Waals surface area contributed by atoms with E-state index in [1.807, 2.05) is 37.2 Å². The van der Waals surface area contributed by atoms with E-state index in [1.54, 1.807) is 41.8 Å². The van der Waals surface area contributed by atoms with Gasteiger partial charge >= 0.3 is 0 Å². The van der Waals surface area contributed by atoms with Crippen molar-refractivity contribution in [3.63, 3.8) is 0 Å². The van der Waals surface area contributed by atoms with Crippen LogP contribution in [0.1, 0.15) is 23.0 Å². The van der Waals surface area contributed by atoms with E-state index in [2.05, 4.69) is 4.98 Å². The molecule has 0 aliphatic carbocycles. The summed E-state index contributed by atoms with van der Waals surface area (Å²) in [5, 5.41) is 11.9. The molecule has 0 unspecified atom stereocenters. The lowest BCUT2D eigenvalue weighted by Gasteiger charge is -2.26. The number of carbonyl (C=O) groups is 2. The predicted octanol–water partition coefficient (Wildman–Crippen LogP) is 3.28. The first-order chi connectivity index (χ1) is 14.8. The molecule has 1 aromatic carbocycles. The molecule has 0 radical (unpaired) electrons. The van der Waals surface area contributed by atoms with E-state index in [-0.39, 0.29) is 11.3 Å². The Morgan fingerprint density at radius 3 is 2.55 bits per heavy atom. The van der Waals surface area contributed by atoms with E-state index in [0.717, 1.165) is 0 Å². The third-order valence-corrected chi connectivity index (χ3v) is 5.69. The number of aryl methyl sites for hydroxylation is 1. The Bertz CT molecular complexity index is 1200. The standard InChI is InChI=1S/C23H23ClN4O3/c1-14-19(27-11-5-4-6-17(27)25-14)21(29)18-20(15-7-9-16(24)10-8-15)28(13-12-26(2)3)23(31)22(18)30/h4-11,20,29H,12-13H2,1-3H3/t20-/m1/s1. The Morgan fingerprint density at radius 2 is 1.87 bits per heavy atom. The Morgan fingerprint density at radius 1 is 1.16 bits per heavy atom. The fraction of sp³-hybridized carbons (Fsp3) is 0.261. The molecule has 1 fully saturated rings. The Hall–Kier alpha value is -3.16. The molecule has 1 saturated heterocycles. The normalized spacial score (nSPS) is 18.5. The molecule has 1 aliphatic rings. The van der Waals surface area contributed by atoms with Crippen molar-refractivity contribution in [1.82, 2.24) is 19.2 Å². The molecule has 1 aliphatic heterocycles. The number of carbonyl (C=O) groups excluding carboxylic acids is 2. The molecule has 0 bridgehead atoms. The van der Waals surface area contributed by atoms with Crippen LogP contribution in [0.5, 0.6) is 0 Å². The van der Waals surface area contributed by atoms with Gasteiger partial charge in [0.1, 0.15) is 11.3 Å². The van der Waals surface area contributed by atoms with Crippen LogP contribution in [0.15, 0.2) is 54.2 Å². The minimum atomic E-state index is -0.717. The molecule has 1 N–H and O–H groups in total. The first-order valence-corrected chi connectivity index (χ1v) is 10.3. The number of fused-ring (bicyclic) bond motifs is 1. The number of pyridine rings is 1. The van der Waals surface area contributed by atoms with Crippen LogP contribution < -0.4 is 0 Å². The van der Waals surface area contributed by atoms with Crippen molar-refractivity contribution in [1.29, 1.82) is 0 Å². The lowest BCUT2D eigenvalue weighted by Crippen LogP contribution is -2.35. The maximum Gasteiger partial charge on any atom is 0.295 e. The first-order valence-electron chi connectivity index (χ1n) is 9.92. The largest absolute Gasteiger partial charge is 0.505 e.